The Morgan fingerprint density at radius 3 is 1.96 bits per heavy atom. The highest BCUT2D eigenvalue weighted by atomic mass is 14.7. The number of H-pyrrole nitrogens is 1. The lowest BCUT2D eigenvalue weighted by molar-refractivity contribution is 0.590. The first kappa shape index (κ1) is 17.9. The Bertz CT molecular complexity index is 1120. The number of benzene rings is 3. The van der Waals surface area contributed by atoms with Crippen LogP contribution in [0.4, 0.5) is 0 Å². The number of aromatic nitrogens is 1. The maximum absolute atomic E-state index is 3.69. The van der Waals surface area contributed by atoms with E-state index in [-0.39, 0.29) is 10.8 Å². The summed E-state index contributed by atoms with van der Waals surface area (Å²) in [5, 5.41) is 2.62. The fourth-order valence-electron chi connectivity index (χ4n) is 3.69. The second-order valence-corrected chi connectivity index (χ2v) is 9.62. The summed E-state index contributed by atoms with van der Waals surface area (Å²) in [6.07, 6.45) is 0. The SMILES string of the molecule is CC(C)(C)c1ccc2[nH]c3c(-c4cc[c]cc4)cc(C(C)(C)C)cc3c2c1. The molecule has 0 bridgehead atoms. The quantitative estimate of drug-likeness (QED) is 0.367. The van der Waals surface area contributed by atoms with Crippen LogP contribution >= 0.6 is 0 Å². The summed E-state index contributed by atoms with van der Waals surface area (Å²) < 4.78 is 0. The lowest BCUT2D eigenvalue weighted by Gasteiger charge is -2.21. The van der Waals surface area contributed by atoms with Crippen LogP contribution in [0.2, 0.25) is 0 Å². The third-order valence-electron chi connectivity index (χ3n) is 5.47. The molecule has 0 saturated heterocycles. The first-order valence-corrected chi connectivity index (χ1v) is 9.71. The zero-order chi connectivity index (χ0) is 19.4. The van der Waals surface area contributed by atoms with Crippen LogP contribution in [0.15, 0.2) is 54.6 Å². The zero-order valence-electron chi connectivity index (χ0n) is 17.2. The van der Waals surface area contributed by atoms with Gasteiger partial charge in [-0.1, -0.05) is 71.9 Å². The number of nitrogens with one attached hydrogen (secondary N) is 1. The van der Waals surface area contributed by atoms with Crippen molar-refractivity contribution in [3.05, 3.63) is 71.8 Å². The van der Waals surface area contributed by atoms with E-state index in [0.717, 1.165) is 0 Å². The maximum Gasteiger partial charge on any atom is 0.0544 e. The summed E-state index contributed by atoms with van der Waals surface area (Å²) in [6, 6.07) is 23.0. The Balaban J connectivity index is 2.11. The van der Waals surface area contributed by atoms with Crippen molar-refractivity contribution in [1.82, 2.24) is 4.98 Å². The van der Waals surface area contributed by atoms with Crippen LogP contribution in [0.3, 0.4) is 0 Å². The molecule has 27 heavy (non-hydrogen) atoms. The molecule has 0 amide bonds. The van der Waals surface area contributed by atoms with Crippen molar-refractivity contribution in [3.8, 4) is 11.1 Å². The molecular formula is C26H28N. The summed E-state index contributed by atoms with van der Waals surface area (Å²) in [7, 11) is 0. The van der Waals surface area contributed by atoms with Gasteiger partial charge >= 0.3 is 0 Å². The molecule has 1 heteroatoms. The Morgan fingerprint density at radius 1 is 0.704 bits per heavy atom. The van der Waals surface area contributed by atoms with Gasteiger partial charge in [-0.2, -0.15) is 0 Å². The predicted molar refractivity (Wildman–Crippen MR) is 117 cm³/mol. The van der Waals surface area contributed by atoms with Crippen LogP contribution in [-0.2, 0) is 10.8 Å². The minimum atomic E-state index is 0.0923. The van der Waals surface area contributed by atoms with Crippen LogP contribution in [0.25, 0.3) is 32.9 Å². The van der Waals surface area contributed by atoms with Crippen molar-refractivity contribution in [2.75, 3.05) is 0 Å². The standard InChI is InChI=1S/C26H28N/c1-25(2,3)18-12-13-23-21(14-18)22-16-19(26(4,5)6)15-20(24(22)27-23)17-10-8-7-9-11-17/h8-16,27H,1-6H3. The molecule has 0 aliphatic rings. The molecule has 0 unspecified atom stereocenters. The van der Waals surface area contributed by atoms with Gasteiger partial charge in [0, 0.05) is 21.9 Å². The number of rotatable bonds is 1. The number of hydrogen-bond acceptors (Lipinski definition) is 0. The average molecular weight is 355 g/mol. The lowest BCUT2D eigenvalue weighted by Crippen LogP contribution is -2.11. The topological polar surface area (TPSA) is 15.8 Å². The van der Waals surface area contributed by atoms with Crippen molar-refractivity contribution in [3.63, 3.8) is 0 Å². The summed E-state index contributed by atoms with van der Waals surface area (Å²) in [6.45, 7) is 13.7. The van der Waals surface area contributed by atoms with Crippen LogP contribution < -0.4 is 0 Å². The van der Waals surface area contributed by atoms with Gasteiger partial charge in [-0.15, -0.1) is 0 Å². The van der Waals surface area contributed by atoms with E-state index in [1.807, 2.05) is 12.1 Å². The normalized spacial score (nSPS) is 12.8. The van der Waals surface area contributed by atoms with Crippen molar-refractivity contribution in [2.45, 2.75) is 52.4 Å². The van der Waals surface area contributed by atoms with E-state index in [2.05, 4.69) is 95.1 Å². The second-order valence-electron chi connectivity index (χ2n) is 9.62. The summed E-state index contributed by atoms with van der Waals surface area (Å²) >= 11 is 0. The summed E-state index contributed by atoms with van der Waals surface area (Å²) in [5.41, 5.74) is 7.87. The van der Waals surface area contributed by atoms with Crippen molar-refractivity contribution in [1.29, 1.82) is 0 Å². The largest absolute Gasteiger partial charge is 0.354 e. The first-order valence-electron chi connectivity index (χ1n) is 9.71. The molecular weight excluding hydrogens is 326 g/mol. The van der Waals surface area contributed by atoms with Gasteiger partial charge in [-0.05, 0) is 57.9 Å². The van der Waals surface area contributed by atoms with Crippen LogP contribution in [0.1, 0.15) is 52.7 Å². The monoisotopic (exact) mass is 354 g/mol. The molecule has 0 spiro atoms. The first-order chi connectivity index (χ1) is 12.6. The average Bonchev–Trinajstić information content (AvgIpc) is 2.98. The van der Waals surface area contributed by atoms with E-state index in [1.54, 1.807) is 0 Å². The predicted octanol–water partition coefficient (Wildman–Crippen LogP) is 7.38. The molecule has 4 rings (SSSR count). The van der Waals surface area contributed by atoms with Gasteiger partial charge in [0.25, 0.3) is 0 Å². The summed E-state index contributed by atoms with van der Waals surface area (Å²) in [4.78, 5) is 3.69. The van der Waals surface area contributed by atoms with Gasteiger partial charge in [0.2, 0.25) is 0 Å². The fraction of sp³-hybridized carbons (Fsp3) is 0.308. The van der Waals surface area contributed by atoms with Crippen LogP contribution in [-0.4, -0.2) is 4.98 Å². The molecule has 1 nitrogen and oxygen atoms in total. The zero-order valence-corrected chi connectivity index (χ0v) is 17.2. The van der Waals surface area contributed by atoms with E-state index in [0.29, 0.717) is 0 Å². The van der Waals surface area contributed by atoms with Crippen molar-refractivity contribution >= 4 is 21.8 Å². The molecule has 0 aliphatic carbocycles. The van der Waals surface area contributed by atoms with E-state index >= 15 is 0 Å². The molecule has 4 aromatic rings. The Labute approximate surface area is 162 Å². The number of aromatic amines is 1. The highest BCUT2D eigenvalue weighted by molar-refractivity contribution is 6.12. The summed E-state index contributed by atoms with van der Waals surface area (Å²) in [5.74, 6) is 0. The highest BCUT2D eigenvalue weighted by Crippen LogP contribution is 2.38. The van der Waals surface area contributed by atoms with E-state index in [1.165, 1.54) is 44.1 Å². The molecule has 0 fully saturated rings. The fourth-order valence-corrected chi connectivity index (χ4v) is 3.69. The maximum atomic E-state index is 3.69. The van der Waals surface area contributed by atoms with E-state index in [4.69, 9.17) is 0 Å². The van der Waals surface area contributed by atoms with Gasteiger partial charge < -0.3 is 4.98 Å². The van der Waals surface area contributed by atoms with Crippen molar-refractivity contribution < 1.29 is 0 Å². The van der Waals surface area contributed by atoms with Gasteiger partial charge in [0.1, 0.15) is 0 Å². The van der Waals surface area contributed by atoms with Gasteiger partial charge in [-0.25, -0.2) is 0 Å². The Morgan fingerprint density at radius 2 is 1.33 bits per heavy atom. The minimum Gasteiger partial charge on any atom is -0.354 e. The van der Waals surface area contributed by atoms with Crippen molar-refractivity contribution in [2.24, 2.45) is 0 Å². The smallest absolute Gasteiger partial charge is 0.0544 e. The molecule has 1 aromatic heterocycles. The van der Waals surface area contributed by atoms with Gasteiger partial charge in [-0.3, -0.25) is 0 Å². The van der Waals surface area contributed by atoms with Crippen LogP contribution in [0, 0.1) is 6.07 Å². The van der Waals surface area contributed by atoms with Gasteiger partial charge in [0.15, 0.2) is 0 Å². The van der Waals surface area contributed by atoms with Crippen LogP contribution in [0.5, 0.6) is 0 Å². The Kier molecular flexibility index (Phi) is 3.96. The molecule has 0 saturated carbocycles. The molecule has 3 aromatic carbocycles. The van der Waals surface area contributed by atoms with E-state index in [9.17, 15) is 0 Å². The molecule has 1 heterocycles. The lowest BCUT2D eigenvalue weighted by atomic mass is 9.83. The molecule has 0 atom stereocenters. The molecule has 1 N–H and O–H groups in total. The second kappa shape index (κ2) is 5.99. The highest BCUT2D eigenvalue weighted by Gasteiger charge is 2.20. The number of fused-ring (bicyclic) bond motifs is 3. The number of hydrogen-bond donors (Lipinski definition) is 1. The minimum absolute atomic E-state index is 0.0923. The van der Waals surface area contributed by atoms with Gasteiger partial charge in [0.05, 0.1) is 5.52 Å². The third-order valence-corrected chi connectivity index (χ3v) is 5.47. The Hall–Kier alpha value is -2.54. The van der Waals surface area contributed by atoms with E-state index < -0.39 is 0 Å². The molecule has 0 aliphatic heterocycles. The molecule has 137 valence electrons. The molecule has 1 radical (unpaired) electrons. The third kappa shape index (κ3) is 3.16.